The van der Waals surface area contributed by atoms with E-state index in [0.29, 0.717) is 25.2 Å². The maximum absolute atomic E-state index is 13.8. The standard InChI is InChI=1S/C18H26FN5.HI/c1-20-18(22-11-15-7-8-24(4)12-15)21-10-14-5-6-17(19)16(9-14)13-23(2)3;/h5-9,12H,10-11,13H2,1-4H3,(H2,20,21,22);1H. The molecular weight excluding hydrogens is 432 g/mol. The van der Waals surface area contributed by atoms with Gasteiger partial charge in [0.05, 0.1) is 0 Å². The Labute approximate surface area is 166 Å². The molecule has 1 aromatic heterocycles. The van der Waals surface area contributed by atoms with E-state index in [1.807, 2.05) is 42.9 Å². The number of hydrogen-bond donors (Lipinski definition) is 2. The minimum atomic E-state index is -0.168. The summed E-state index contributed by atoms with van der Waals surface area (Å²) in [7, 11) is 7.60. The molecule has 0 saturated heterocycles. The molecule has 0 saturated carbocycles. The van der Waals surface area contributed by atoms with Gasteiger partial charge in [-0.05, 0) is 43.4 Å². The fourth-order valence-corrected chi connectivity index (χ4v) is 2.46. The number of aliphatic imine (C=N–C) groups is 1. The van der Waals surface area contributed by atoms with Gasteiger partial charge in [-0.2, -0.15) is 0 Å². The Bertz CT molecular complexity index is 697. The summed E-state index contributed by atoms with van der Waals surface area (Å²) in [6.45, 7) is 1.88. The summed E-state index contributed by atoms with van der Waals surface area (Å²) in [5, 5.41) is 6.53. The molecule has 0 amide bonds. The summed E-state index contributed by atoms with van der Waals surface area (Å²) in [5.41, 5.74) is 2.91. The Hall–Kier alpha value is -1.61. The molecule has 25 heavy (non-hydrogen) atoms. The summed E-state index contributed by atoms with van der Waals surface area (Å²) in [6, 6.07) is 7.28. The topological polar surface area (TPSA) is 44.6 Å². The van der Waals surface area contributed by atoms with Crippen LogP contribution in [-0.2, 0) is 26.7 Å². The molecule has 0 unspecified atom stereocenters. The molecule has 1 aromatic carbocycles. The lowest BCUT2D eigenvalue weighted by Gasteiger charge is -2.14. The third kappa shape index (κ3) is 7.03. The minimum Gasteiger partial charge on any atom is -0.357 e. The highest BCUT2D eigenvalue weighted by molar-refractivity contribution is 14.0. The van der Waals surface area contributed by atoms with Crippen LogP contribution in [-0.4, -0.2) is 36.6 Å². The van der Waals surface area contributed by atoms with Crippen molar-refractivity contribution in [3.8, 4) is 0 Å². The molecule has 0 atom stereocenters. The Morgan fingerprint density at radius 2 is 1.84 bits per heavy atom. The zero-order chi connectivity index (χ0) is 17.5. The van der Waals surface area contributed by atoms with E-state index in [-0.39, 0.29) is 29.8 Å². The zero-order valence-corrected chi connectivity index (χ0v) is 17.5. The molecule has 0 bridgehead atoms. The number of nitrogens with zero attached hydrogens (tertiary/aromatic N) is 3. The van der Waals surface area contributed by atoms with Gasteiger partial charge in [0, 0.05) is 51.7 Å². The van der Waals surface area contributed by atoms with Gasteiger partial charge in [0.1, 0.15) is 5.82 Å². The Kier molecular flexibility index (Phi) is 8.91. The van der Waals surface area contributed by atoms with Crippen molar-refractivity contribution in [2.24, 2.45) is 12.0 Å². The highest BCUT2D eigenvalue weighted by Gasteiger charge is 2.06. The normalized spacial score (nSPS) is 11.4. The van der Waals surface area contributed by atoms with Crippen molar-refractivity contribution in [1.82, 2.24) is 20.1 Å². The summed E-state index contributed by atoms with van der Waals surface area (Å²) >= 11 is 0. The van der Waals surface area contributed by atoms with Gasteiger partial charge in [-0.1, -0.05) is 6.07 Å². The fraction of sp³-hybridized carbons (Fsp3) is 0.389. The summed E-state index contributed by atoms with van der Waals surface area (Å²) < 4.78 is 15.8. The van der Waals surface area contributed by atoms with Crippen molar-refractivity contribution in [3.63, 3.8) is 0 Å². The van der Waals surface area contributed by atoms with Gasteiger partial charge in [-0.25, -0.2) is 4.39 Å². The summed E-state index contributed by atoms with van der Waals surface area (Å²) in [6.07, 6.45) is 4.08. The smallest absolute Gasteiger partial charge is 0.191 e. The lowest BCUT2D eigenvalue weighted by Crippen LogP contribution is -2.36. The van der Waals surface area contributed by atoms with Crippen LogP contribution in [0.3, 0.4) is 0 Å². The number of benzene rings is 1. The van der Waals surface area contributed by atoms with E-state index in [1.165, 1.54) is 11.6 Å². The number of hydrogen-bond acceptors (Lipinski definition) is 2. The molecule has 0 fully saturated rings. The number of aryl methyl sites for hydroxylation is 1. The molecule has 7 heteroatoms. The lowest BCUT2D eigenvalue weighted by molar-refractivity contribution is 0.392. The number of aromatic nitrogens is 1. The third-order valence-electron chi connectivity index (χ3n) is 3.63. The number of nitrogens with one attached hydrogen (secondary N) is 2. The van der Waals surface area contributed by atoms with E-state index in [9.17, 15) is 4.39 Å². The van der Waals surface area contributed by atoms with E-state index >= 15 is 0 Å². The van der Waals surface area contributed by atoms with Crippen molar-refractivity contribution in [2.45, 2.75) is 19.6 Å². The summed E-state index contributed by atoms with van der Waals surface area (Å²) in [5.74, 6) is 0.552. The molecule has 0 aliphatic heterocycles. The monoisotopic (exact) mass is 459 g/mol. The second-order valence-corrected chi connectivity index (χ2v) is 6.13. The molecule has 2 N–H and O–H groups in total. The van der Waals surface area contributed by atoms with Crippen LogP contribution < -0.4 is 10.6 Å². The molecule has 5 nitrogen and oxygen atoms in total. The van der Waals surface area contributed by atoms with Crippen molar-refractivity contribution < 1.29 is 4.39 Å². The molecule has 0 aliphatic rings. The van der Waals surface area contributed by atoms with E-state index < -0.39 is 0 Å². The van der Waals surface area contributed by atoms with Crippen molar-refractivity contribution in [2.75, 3.05) is 21.1 Å². The molecule has 138 valence electrons. The van der Waals surface area contributed by atoms with Crippen LogP contribution in [0, 0.1) is 5.82 Å². The first kappa shape index (κ1) is 21.4. The Morgan fingerprint density at radius 3 is 2.40 bits per heavy atom. The first-order chi connectivity index (χ1) is 11.5. The van der Waals surface area contributed by atoms with Crippen molar-refractivity contribution in [3.05, 3.63) is 59.2 Å². The van der Waals surface area contributed by atoms with Crippen molar-refractivity contribution in [1.29, 1.82) is 0 Å². The first-order valence-corrected chi connectivity index (χ1v) is 7.95. The Morgan fingerprint density at radius 1 is 1.16 bits per heavy atom. The van der Waals surface area contributed by atoms with E-state index in [1.54, 1.807) is 13.1 Å². The number of rotatable bonds is 6. The maximum atomic E-state index is 13.8. The zero-order valence-electron chi connectivity index (χ0n) is 15.2. The van der Waals surface area contributed by atoms with Gasteiger partial charge in [0.2, 0.25) is 0 Å². The average molecular weight is 459 g/mol. The first-order valence-electron chi connectivity index (χ1n) is 7.95. The lowest BCUT2D eigenvalue weighted by atomic mass is 10.1. The second kappa shape index (κ2) is 10.4. The van der Waals surface area contributed by atoms with Crippen LogP contribution in [0.5, 0.6) is 0 Å². The van der Waals surface area contributed by atoms with Crippen LogP contribution in [0.15, 0.2) is 41.7 Å². The quantitative estimate of drug-likeness (QED) is 0.397. The molecule has 1 heterocycles. The van der Waals surface area contributed by atoms with Crippen LogP contribution in [0.1, 0.15) is 16.7 Å². The van der Waals surface area contributed by atoms with Crippen LogP contribution in [0.2, 0.25) is 0 Å². The maximum Gasteiger partial charge on any atom is 0.191 e. The third-order valence-corrected chi connectivity index (χ3v) is 3.63. The van der Waals surface area contributed by atoms with Crippen LogP contribution >= 0.6 is 24.0 Å². The van der Waals surface area contributed by atoms with E-state index in [4.69, 9.17) is 0 Å². The SMILES string of the molecule is CN=C(NCc1ccc(F)c(CN(C)C)c1)NCc1ccn(C)c1.I. The van der Waals surface area contributed by atoms with Gasteiger partial charge in [0.15, 0.2) is 5.96 Å². The van der Waals surface area contributed by atoms with Gasteiger partial charge < -0.3 is 20.1 Å². The van der Waals surface area contributed by atoms with Gasteiger partial charge >= 0.3 is 0 Å². The van der Waals surface area contributed by atoms with Crippen LogP contribution in [0.4, 0.5) is 4.39 Å². The van der Waals surface area contributed by atoms with E-state index in [2.05, 4.69) is 27.9 Å². The van der Waals surface area contributed by atoms with Crippen molar-refractivity contribution >= 4 is 29.9 Å². The molecule has 2 rings (SSSR count). The van der Waals surface area contributed by atoms with Gasteiger partial charge in [-0.3, -0.25) is 4.99 Å². The molecule has 0 aliphatic carbocycles. The van der Waals surface area contributed by atoms with Gasteiger partial charge in [0.25, 0.3) is 0 Å². The molecular formula is C18H27FIN5. The predicted molar refractivity (Wildman–Crippen MR) is 112 cm³/mol. The average Bonchev–Trinajstić information content (AvgIpc) is 2.95. The highest BCUT2D eigenvalue weighted by atomic mass is 127. The fourth-order valence-electron chi connectivity index (χ4n) is 2.46. The molecule has 0 spiro atoms. The summed E-state index contributed by atoms with van der Waals surface area (Å²) in [4.78, 5) is 6.17. The number of guanidine groups is 1. The predicted octanol–water partition coefficient (Wildman–Crippen LogP) is 2.71. The van der Waals surface area contributed by atoms with Crippen LogP contribution in [0.25, 0.3) is 0 Å². The molecule has 0 radical (unpaired) electrons. The Balaban J connectivity index is 0.00000312. The highest BCUT2D eigenvalue weighted by Crippen LogP contribution is 2.12. The largest absolute Gasteiger partial charge is 0.357 e. The number of halogens is 2. The molecule has 2 aromatic rings. The second-order valence-electron chi connectivity index (χ2n) is 6.13. The van der Waals surface area contributed by atoms with Gasteiger partial charge in [-0.15, -0.1) is 24.0 Å². The minimum absolute atomic E-state index is 0. The van der Waals surface area contributed by atoms with E-state index in [0.717, 1.165) is 11.5 Å².